The number of fused-ring (bicyclic) bond motifs is 1. The van der Waals surface area contributed by atoms with Gasteiger partial charge < -0.3 is 0 Å². The summed E-state index contributed by atoms with van der Waals surface area (Å²) >= 11 is 0. The van der Waals surface area contributed by atoms with E-state index >= 15 is 0 Å². The van der Waals surface area contributed by atoms with E-state index in [2.05, 4.69) is 14.7 Å². The van der Waals surface area contributed by atoms with E-state index in [9.17, 15) is 8.42 Å². The van der Waals surface area contributed by atoms with Gasteiger partial charge in [-0.25, -0.2) is 23.1 Å². The van der Waals surface area contributed by atoms with Crippen molar-refractivity contribution in [3.63, 3.8) is 0 Å². The van der Waals surface area contributed by atoms with Gasteiger partial charge in [-0.1, -0.05) is 30.3 Å². The molecule has 0 aliphatic heterocycles. The highest BCUT2D eigenvalue weighted by Gasteiger charge is 2.38. The van der Waals surface area contributed by atoms with Crippen molar-refractivity contribution in [2.24, 2.45) is 0 Å². The second-order valence-corrected chi connectivity index (χ2v) is 8.26. The molecule has 0 saturated heterocycles. The second-order valence-electron chi connectivity index (χ2n) is 6.27. The Morgan fingerprint density at radius 1 is 1.09 bits per heavy atom. The molecule has 0 amide bonds. The number of hydrogen-bond acceptors (Lipinski definition) is 4. The zero-order valence-electron chi connectivity index (χ0n) is 12.8. The van der Waals surface area contributed by atoms with E-state index in [1.165, 1.54) is 0 Å². The first kappa shape index (κ1) is 14.8. The molecule has 1 unspecified atom stereocenters. The molecule has 2 aliphatic rings. The molecule has 6 heteroatoms. The van der Waals surface area contributed by atoms with E-state index in [4.69, 9.17) is 0 Å². The molecule has 120 valence electrons. The van der Waals surface area contributed by atoms with Crippen molar-refractivity contribution in [2.45, 2.75) is 43.4 Å². The van der Waals surface area contributed by atoms with E-state index in [-0.39, 0.29) is 11.3 Å². The third-order valence-electron chi connectivity index (χ3n) is 4.48. The Kier molecular flexibility index (Phi) is 3.66. The molecule has 1 aromatic carbocycles. The predicted octanol–water partition coefficient (Wildman–Crippen LogP) is 2.60. The average molecular weight is 329 g/mol. The Labute approximate surface area is 136 Å². The molecular weight excluding hydrogens is 310 g/mol. The summed E-state index contributed by atoms with van der Waals surface area (Å²) in [7, 11) is -3.20. The Morgan fingerprint density at radius 3 is 2.61 bits per heavy atom. The van der Waals surface area contributed by atoms with Crippen LogP contribution in [-0.4, -0.2) is 23.6 Å². The largest absolute Gasteiger partial charge is 0.236 e. The first-order valence-electron chi connectivity index (χ1n) is 8.06. The first-order valence-corrected chi connectivity index (χ1v) is 9.60. The predicted molar refractivity (Wildman–Crippen MR) is 88.2 cm³/mol. The molecule has 1 heterocycles. The zero-order valence-corrected chi connectivity index (χ0v) is 13.6. The maximum absolute atomic E-state index is 12.2. The number of aromatic nitrogens is 2. The van der Waals surface area contributed by atoms with Gasteiger partial charge in [0.1, 0.15) is 0 Å². The lowest BCUT2D eigenvalue weighted by Crippen LogP contribution is -2.33. The van der Waals surface area contributed by atoms with Gasteiger partial charge in [0.15, 0.2) is 5.82 Å². The van der Waals surface area contributed by atoms with E-state index in [1.54, 1.807) is 6.20 Å². The van der Waals surface area contributed by atoms with Crippen LogP contribution in [0.4, 0.5) is 0 Å². The third kappa shape index (κ3) is 3.01. The van der Waals surface area contributed by atoms with Gasteiger partial charge in [-0.2, -0.15) is 0 Å². The fourth-order valence-electron chi connectivity index (χ4n) is 3.07. The molecule has 1 atom stereocenters. The van der Waals surface area contributed by atoms with Crippen molar-refractivity contribution in [1.29, 1.82) is 0 Å². The minimum atomic E-state index is -3.20. The van der Waals surface area contributed by atoms with Gasteiger partial charge in [-0.15, -0.1) is 0 Å². The highest BCUT2D eigenvalue weighted by molar-refractivity contribution is 7.90. The van der Waals surface area contributed by atoms with Crippen molar-refractivity contribution in [3.8, 4) is 11.4 Å². The third-order valence-corrected chi connectivity index (χ3v) is 6.45. The van der Waals surface area contributed by atoms with Crippen molar-refractivity contribution < 1.29 is 8.42 Å². The highest BCUT2D eigenvalue weighted by atomic mass is 32.2. The monoisotopic (exact) mass is 329 g/mol. The van der Waals surface area contributed by atoms with Gasteiger partial charge in [0.05, 0.1) is 5.25 Å². The maximum Gasteiger partial charge on any atom is 0.215 e. The van der Waals surface area contributed by atoms with E-state index in [1.807, 2.05) is 30.3 Å². The van der Waals surface area contributed by atoms with Crippen LogP contribution in [0, 0.1) is 0 Å². The number of rotatable bonds is 4. The molecule has 4 rings (SSSR count). The van der Waals surface area contributed by atoms with Crippen LogP contribution in [0.15, 0.2) is 36.5 Å². The van der Waals surface area contributed by atoms with Gasteiger partial charge in [-0.05, 0) is 32.1 Å². The topological polar surface area (TPSA) is 72.0 Å². The van der Waals surface area contributed by atoms with Crippen LogP contribution in [0.5, 0.6) is 0 Å². The van der Waals surface area contributed by atoms with E-state index < -0.39 is 10.0 Å². The average Bonchev–Trinajstić information content (AvgIpc) is 3.41. The van der Waals surface area contributed by atoms with Crippen LogP contribution in [0.1, 0.15) is 43.0 Å². The van der Waals surface area contributed by atoms with E-state index in [0.29, 0.717) is 5.82 Å². The molecule has 5 nitrogen and oxygen atoms in total. The summed E-state index contributed by atoms with van der Waals surface area (Å²) in [6.45, 7) is 0. The normalized spacial score (nSPS) is 21.0. The number of aryl methyl sites for hydroxylation is 1. The van der Waals surface area contributed by atoms with Crippen molar-refractivity contribution in [2.75, 3.05) is 0 Å². The Morgan fingerprint density at radius 2 is 1.87 bits per heavy atom. The number of hydrogen-bond donors (Lipinski definition) is 1. The van der Waals surface area contributed by atoms with Gasteiger partial charge in [0.25, 0.3) is 0 Å². The lowest BCUT2D eigenvalue weighted by Gasteiger charge is -2.25. The number of nitrogens with zero attached hydrogens (tertiary/aromatic N) is 2. The van der Waals surface area contributed by atoms with Gasteiger partial charge in [0, 0.05) is 29.1 Å². The summed E-state index contributed by atoms with van der Waals surface area (Å²) in [5.74, 6) is 0.704. The van der Waals surface area contributed by atoms with Crippen LogP contribution in [0.25, 0.3) is 11.4 Å². The van der Waals surface area contributed by atoms with Crippen LogP contribution in [0.2, 0.25) is 0 Å². The SMILES string of the molecule is O=S(=O)(NC1CCCc2nc(-c3ccccc3)ncc21)C1CC1. The summed E-state index contributed by atoms with van der Waals surface area (Å²) in [6.07, 6.45) is 5.98. The van der Waals surface area contributed by atoms with Gasteiger partial charge in [0.2, 0.25) is 10.0 Å². The van der Waals surface area contributed by atoms with Crippen LogP contribution in [0.3, 0.4) is 0 Å². The summed E-state index contributed by atoms with van der Waals surface area (Å²) in [5, 5.41) is -0.197. The Bertz CT molecular complexity index is 817. The molecule has 2 aliphatic carbocycles. The maximum atomic E-state index is 12.2. The minimum Gasteiger partial charge on any atom is -0.236 e. The van der Waals surface area contributed by atoms with E-state index in [0.717, 1.165) is 48.9 Å². The van der Waals surface area contributed by atoms with Gasteiger partial charge >= 0.3 is 0 Å². The van der Waals surface area contributed by atoms with Crippen molar-refractivity contribution >= 4 is 10.0 Å². The smallest absolute Gasteiger partial charge is 0.215 e. The fraction of sp³-hybridized carbons (Fsp3) is 0.412. The standard InChI is InChI=1S/C17H19N3O2S/c21-23(22,13-9-10-13)20-16-8-4-7-15-14(16)11-18-17(19-15)12-5-2-1-3-6-12/h1-3,5-6,11,13,16,20H,4,7-10H2. The van der Waals surface area contributed by atoms with Crippen molar-refractivity contribution in [3.05, 3.63) is 47.8 Å². The molecule has 0 radical (unpaired) electrons. The molecule has 0 bridgehead atoms. The van der Waals surface area contributed by atoms with Gasteiger partial charge in [-0.3, -0.25) is 0 Å². The molecule has 2 aromatic rings. The molecule has 1 aromatic heterocycles. The van der Waals surface area contributed by atoms with Crippen LogP contribution < -0.4 is 4.72 Å². The van der Waals surface area contributed by atoms with Crippen LogP contribution >= 0.6 is 0 Å². The highest BCUT2D eigenvalue weighted by Crippen LogP contribution is 2.33. The quantitative estimate of drug-likeness (QED) is 0.936. The number of nitrogens with one attached hydrogen (secondary N) is 1. The van der Waals surface area contributed by atoms with Crippen LogP contribution in [-0.2, 0) is 16.4 Å². The molecule has 1 N–H and O–H groups in total. The molecule has 1 fully saturated rings. The summed E-state index contributed by atoms with van der Waals surface area (Å²) < 4.78 is 27.3. The molecular formula is C17H19N3O2S. The first-order chi connectivity index (χ1) is 11.1. The molecule has 0 spiro atoms. The van der Waals surface area contributed by atoms with Crippen molar-refractivity contribution in [1.82, 2.24) is 14.7 Å². The second kappa shape index (κ2) is 5.69. The summed E-state index contributed by atoms with van der Waals surface area (Å²) in [6, 6.07) is 9.67. The summed E-state index contributed by atoms with van der Waals surface area (Å²) in [5.41, 5.74) is 2.88. The summed E-state index contributed by atoms with van der Waals surface area (Å²) in [4.78, 5) is 9.14. The number of sulfonamides is 1. The fourth-order valence-corrected chi connectivity index (χ4v) is 4.66. The minimum absolute atomic E-state index is 0.186. The Hall–Kier alpha value is -1.79. The Balaban J connectivity index is 1.64. The number of benzene rings is 1. The zero-order chi connectivity index (χ0) is 15.9. The molecule has 23 heavy (non-hydrogen) atoms. The lowest BCUT2D eigenvalue weighted by atomic mass is 9.93. The lowest BCUT2D eigenvalue weighted by molar-refractivity contribution is 0.499. The molecule has 1 saturated carbocycles.